The molecule has 0 bridgehead atoms. The molecule has 1 atom stereocenters. The van der Waals surface area contributed by atoms with Crippen LogP contribution in [0.3, 0.4) is 0 Å². The molecular weight excluding hydrogens is 1450 g/mol. The molecule has 612 valence electrons. The molecule has 12 aromatic rings. The molecule has 6 aliphatic rings. The molecule has 12 nitrogen and oxygen atoms in total. The highest BCUT2D eigenvalue weighted by atomic mass is 16.5. The number of aryl methyl sites for hydroxylation is 12. The van der Waals surface area contributed by atoms with Gasteiger partial charge in [0.15, 0.2) is 69.0 Å². The average Bonchev–Trinajstić information content (AvgIpc) is 0.796. The van der Waals surface area contributed by atoms with E-state index in [9.17, 15) is 0 Å². The van der Waals surface area contributed by atoms with Gasteiger partial charge in [-0.15, -0.1) is 0 Å². The minimum absolute atomic E-state index is 0.446. The summed E-state index contributed by atoms with van der Waals surface area (Å²) in [4.78, 5) is 14.1. The maximum atomic E-state index is 6.16. The van der Waals surface area contributed by atoms with Crippen LogP contribution >= 0.6 is 0 Å². The van der Waals surface area contributed by atoms with Crippen molar-refractivity contribution in [1.82, 2.24) is 0 Å². The van der Waals surface area contributed by atoms with Gasteiger partial charge < -0.3 is 57.8 Å². The van der Waals surface area contributed by atoms with Gasteiger partial charge in [0.05, 0.1) is 68.2 Å². The highest BCUT2D eigenvalue weighted by Crippen LogP contribution is 2.54. The molecule has 18 rings (SSSR count). The van der Waals surface area contributed by atoms with E-state index < -0.39 is 0 Å². The number of hydrogen-bond acceptors (Lipinski definition) is 12. The Kier molecular flexibility index (Phi) is 26.9. The minimum atomic E-state index is 0.446. The zero-order valence-corrected chi connectivity index (χ0v) is 73.6. The van der Waals surface area contributed by atoms with Crippen LogP contribution in [0.1, 0.15) is 167 Å². The summed E-state index contributed by atoms with van der Waals surface area (Å²) in [7, 11) is 2.07. The molecule has 0 spiro atoms. The van der Waals surface area contributed by atoms with E-state index in [1.165, 1.54) is 157 Å². The maximum Gasteiger partial charge on any atom is 0.151 e. The first-order valence-electron chi connectivity index (χ1n) is 42.8. The van der Waals surface area contributed by atoms with E-state index in [0.29, 0.717) is 12.0 Å². The summed E-state index contributed by atoms with van der Waals surface area (Å²) in [6.07, 6.45) is 9.73. The molecule has 12 aromatic carbocycles. The fraction of sp³-hybridized carbons (Fsp3) is 0.321. The molecule has 1 unspecified atom stereocenters. The van der Waals surface area contributed by atoms with E-state index in [2.05, 4.69) is 386 Å². The molecule has 0 saturated carbocycles. The molecule has 0 radical (unpaired) electrons. The van der Waals surface area contributed by atoms with Gasteiger partial charge in [0, 0.05) is 39.3 Å². The predicted molar refractivity (Wildman–Crippen MR) is 497 cm³/mol. The van der Waals surface area contributed by atoms with Crippen molar-refractivity contribution in [2.45, 2.75) is 189 Å². The summed E-state index contributed by atoms with van der Waals surface area (Å²) in [5.41, 5.74) is 28.7. The first-order valence-corrected chi connectivity index (χ1v) is 42.8. The Balaban J connectivity index is 0.000000123. The highest BCUT2D eigenvalue weighted by molar-refractivity contribution is 5.84. The molecule has 118 heavy (non-hydrogen) atoms. The maximum absolute atomic E-state index is 6.16. The van der Waals surface area contributed by atoms with E-state index in [-0.39, 0.29) is 0 Å². The zero-order chi connectivity index (χ0) is 83.6. The van der Waals surface area contributed by atoms with Crippen LogP contribution in [0.4, 0.5) is 68.2 Å². The van der Waals surface area contributed by atoms with Crippen molar-refractivity contribution in [1.29, 1.82) is 0 Å². The van der Waals surface area contributed by atoms with E-state index in [0.717, 1.165) is 124 Å². The monoisotopic (exact) mass is 1570 g/mol. The standard InChI is InChI=1S/C20H25NO.C19H23NO.2C18H21NO.C16H17NO.C15H15NO/c1-4-5-6-7-12-21-17-10-8-15(2)13-19(17)22-20-14-16(3)9-11-18(20)21;1-13(2)9-10-20-16-7-5-14(3)11-18(16)21-19-12-15(4)6-8-17(19)20;1-5-14(4)19-15-8-6-12(2)10-17(15)20-18-11-13(3)7-9-16(18)19;1-4-5-10-19-15-8-6-13(2)11-17(15)20-18-12-14(3)7-9-16(18)19;1-4-17-13-7-5-11(2)9-15(13)18-16-10-12(3)6-8-14(16)17;1-10-4-6-12-14(8-10)17-15-9-11(2)5-7-13(15)16(12)3/h8-11,13-14H,4-7,12H2,1-3H3;5-8,11-13H,9-10H2,1-4H3;6-11,14H,5H2,1-4H3;6-9,11-12H,4-5,10H2,1-3H3;5-10H,4H2,1-3H3;4-9H,1-3H3. The van der Waals surface area contributed by atoms with Gasteiger partial charge >= 0.3 is 0 Å². The summed E-state index contributed by atoms with van der Waals surface area (Å²) in [6.45, 7) is 44.9. The third-order valence-corrected chi connectivity index (χ3v) is 22.5. The Hall–Kier alpha value is -11.8. The third-order valence-electron chi connectivity index (χ3n) is 22.5. The summed E-state index contributed by atoms with van der Waals surface area (Å²) in [5, 5.41) is 0. The lowest BCUT2D eigenvalue weighted by molar-refractivity contribution is 0.466. The fourth-order valence-electron chi connectivity index (χ4n) is 15.8. The van der Waals surface area contributed by atoms with Crippen LogP contribution in [0.2, 0.25) is 0 Å². The van der Waals surface area contributed by atoms with Crippen LogP contribution in [0.5, 0.6) is 69.0 Å². The number of unbranched alkanes of at least 4 members (excludes halogenated alkanes) is 4. The van der Waals surface area contributed by atoms with Gasteiger partial charge in [-0.2, -0.15) is 0 Å². The van der Waals surface area contributed by atoms with Crippen molar-refractivity contribution in [3.63, 3.8) is 0 Å². The van der Waals surface area contributed by atoms with E-state index in [1.807, 2.05) is 0 Å². The molecule has 0 saturated heterocycles. The lowest BCUT2D eigenvalue weighted by atomic mass is 10.1. The molecule has 0 aliphatic carbocycles. The van der Waals surface area contributed by atoms with Gasteiger partial charge in [0.25, 0.3) is 0 Å². The van der Waals surface area contributed by atoms with Crippen LogP contribution in [0.15, 0.2) is 218 Å². The van der Waals surface area contributed by atoms with Gasteiger partial charge in [-0.1, -0.05) is 133 Å². The molecule has 0 amide bonds. The smallest absolute Gasteiger partial charge is 0.151 e. The van der Waals surface area contributed by atoms with Crippen molar-refractivity contribution >= 4 is 68.2 Å². The number of nitrogens with zero attached hydrogens (tertiary/aromatic N) is 6. The van der Waals surface area contributed by atoms with Gasteiger partial charge in [-0.25, -0.2) is 0 Å². The van der Waals surface area contributed by atoms with Crippen molar-refractivity contribution < 1.29 is 28.4 Å². The first kappa shape index (κ1) is 84.2. The van der Waals surface area contributed by atoms with Gasteiger partial charge in [-0.3, -0.25) is 0 Å². The second kappa shape index (κ2) is 37.7. The van der Waals surface area contributed by atoms with Gasteiger partial charge in [-0.05, 0) is 341 Å². The summed E-state index contributed by atoms with van der Waals surface area (Å²) >= 11 is 0. The van der Waals surface area contributed by atoms with E-state index in [4.69, 9.17) is 28.4 Å². The Labute approximate surface area is 704 Å². The number of rotatable bonds is 14. The van der Waals surface area contributed by atoms with Crippen LogP contribution < -0.4 is 57.8 Å². The van der Waals surface area contributed by atoms with Crippen LogP contribution in [0.25, 0.3) is 0 Å². The second-order valence-corrected chi connectivity index (χ2v) is 33.2. The van der Waals surface area contributed by atoms with Gasteiger partial charge in [0.2, 0.25) is 0 Å². The topological polar surface area (TPSA) is 74.8 Å². The number of benzene rings is 12. The number of ether oxygens (including phenoxy) is 6. The predicted octanol–water partition coefficient (Wildman–Crippen LogP) is 31.2. The largest absolute Gasteiger partial charge is 0.453 e. The number of anilines is 12. The van der Waals surface area contributed by atoms with Crippen molar-refractivity contribution in [3.8, 4) is 69.0 Å². The Morgan fingerprint density at radius 2 is 0.449 bits per heavy atom. The molecule has 6 aliphatic heterocycles. The fourth-order valence-corrected chi connectivity index (χ4v) is 15.8. The molecule has 0 aromatic heterocycles. The van der Waals surface area contributed by atoms with Crippen LogP contribution in [-0.4, -0.2) is 39.3 Å². The Morgan fingerprint density at radius 1 is 0.237 bits per heavy atom. The van der Waals surface area contributed by atoms with Crippen molar-refractivity contribution in [3.05, 3.63) is 285 Å². The molecule has 0 N–H and O–H groups in total. The van der Waals surface area contributed by atoms with E-state index >= 15 is 0 Å². The normalized spacial score (nSPS) is 13.0. The Bertz CT molecular complexity index is 5240. The Morgan fingerprint density at radius 3 is 0.686 bits per heavy atom. The van der Waals surface area contributed by atoms with Crippen LogP contribution in [0, 0.1) is 89.0 Å². The highest BCUT2D eigenvalue weighted by Gasteiger charge is 2.31. The lowest BCUT2D eigenvalue weighted by Gasteiger charge is -2.37. The molecular formula is C106H122N6O6. The molecule has 12 heteroatoms. The summed E-state index contributed by atoms with van der Waals surface area (Å²) in [5.74, 6) is 12.2. The number of fused-ring (bicyclic) bond motifs is 12. The molecule has 6 heterocycles. The lowest BCUT2D eigenvalue weighted by Crippen LogP contribution is -2.30. The summed E-state index contributed by atoms with van der Waals surface area (Å²) < 4.78 is 36.5. The number of hydrogen-bond donors (Lipinski definition) is 0. The molecule has 0 fully saturated rings. The van der Waals surface area contributed by atoms with Gasteiger partial charge in [0.1, 0.15) is 0 Å². The first-order chi connectivity index (χ1) is 56.8. The van der Waals surface area contributed by atoms with Crippen molar-refractivity contribution in [2.75, 3.05) is 62.6 Å². The van der Waals surface area contributed by atoms with Crippen LogP contribution in [-0.2, 0) is 0 Å². The zero-order valence-electron chi connectivity index (χ0n) is 73.6. The van der Waals surface area contributed by atoms with Crippen molar-refractivity contribution in [2.24, 2.45) is 5.92 Å². The third kappa shape index (κ3) is 19.4. The second-order valence-electron chi connectivity index (χ2n) is 33.2. The van der Waals surface area contributed by atoms with E-state index in [1.54, 1.807) is 0 Å². The summed E-state index contributed by atoms with van der Waals surface area (Å²) in [6, 6.07) is 77.4. The average molecular weight is 1580 g/mol. The SMILES string of the molecule is CCC(C)N1c2ccc(C)cc2Oc2cc(C)ccc21.CCCCCCN1c2ccc(C)cc2Oc2cc(C)ccc21.CCCCN1c2ccc(C)cc2Oc2cc(C)ccc21.CCN1c2ccc(C)cc2Oc2cc(C)ccc21.Cc1ccc2c(c1)Oc1cc(C)ccc1N2C.Cc1ccc2c(c1)Oc1cc(C)ccc1N2CCC(C)C. The quantitative estimate of drug-likeness (QED) is 0.0974. The minimum Gasteiger partial charge on any atom is -0.453 e.